The first kappa shape index (κ1) is 15.2. The van der Waals surface area contributed by atoms with Crippen LogP contribution < -0.4 is 5.32 Å². The van der Waals surface area contributed by atoms with Crippen molar-refractivity contribution in [2.75, 3.05) is 6.54 Å². The van der Waals surface area contributed by atoms with E-state index in [-0.39, 0.29) is 6.04 Å². The van der Waals surface area contributed by atoms with Crippen molar-refractivity contribution < 1.29 is 0 Å². The van der Waals surface area contributed by atoms with Gasteiger partial charge in [-0.15, -0.1) is 11.3 Å². The van der Waals surface area contributed by atoms with Gasteiger partial charge in [0.2, 0.25) is 0 Å². The van der Waals surface area contributed by atoms with E-state index < -0.39 is 0 Å². The Morgan fingerprint density at radius 3 is 2.48 bits per heavy atom. The van der Waals surface area contributed by atoms with E-state index in [2.05, 4.69) is 92.6 Å². The highest BCUT2D eigenvalue weighted by Gasteiger charge is 2.18. The third-order valence-electron chi connectivity index (χ3n) is 3.51. The van der Waals surface area contributed by atoms with Crippen LogP contribution in [0.5, 0.6) is 0 Å². The van der Waals surface area contributed by atoms with Gasteiger partial charge in [0.15, 0.2) is 0 Å². The maximum absolute atomic E-state index is 3.68. The zero-order valence-corrected chi connectivity index (χ0v) is 15.6. The Kier molecular flexibility index (Phi) is 4.79. The monoisotopic (exact) mass is 423 g/mol. The lowest BCUT2D eigenvalue weighted by Crippen LogP contribution is -2.21. The molecule has 0 spiro atoms. The van der Waals surface area contributed by atoms with E-state index in [4.69, 9.17) is 0 Å². The quantitative estimate of drug-likeness (QED) is 0.531. The van der Waals surface area contributed by atoms with Gasteiger partial charge in [-0.25, -0.2) is 0 Å². The van der Waals surface area contributed by atoms with Crippen LogP contribution >= 0.6 is 43.2 Å². The summed E-state index contributed by atoms with van der Waals surface area (Å²) in [6, 6.07) is 17.6. The number of thiophene rings is 1. The van der Waals surface area contributed by atoms with Gasteiger partial charge in [-0.1, -0.05) is 43.3 Å². The van der Waals surface area contributed by atoms with Crippen molar-refractivity contribution in [3.63, 3.8) is 0 Å². The van der Waals surface area contributed by atoms with Crippen LogP contribution in [0, 0.1) is 0 Å². The van der Waals surface area contributed by atoms with E-state index in [9.17, 15) is 0 Å². The van der Waals surface area contributed by atoms with Crippen molar-refractivity contribution in [3.8, 4) is 0 Å². The Balaban J connectivity index is 2.08. The summed E-state index contributed by atoms with van der Waals surface area (Å²) in [5.41, 5.74) is 2.57. The molecule has 0 radical (unpaired) electrons. The molecule has 1 nitrogen and oxygen atoms in total. The second kappa shape index (κ2) is 6.61. The third-order valence-corrected chi connectivity index (χ3v) is 5.89. The number of rotatable bonds is 4. The molecule has 108 valence electrons. The first-order chi connectivity index (χ1) is 10.2. The Hall–Kier alpha value is -0.680. The van der Waals surface area contributed by atoms with Gasteiger partial charge in [0.25, 0.3) is 0 Å². The van der Waals surface area contributed by atoms with Gasteiger partial charge in [-0.2, -0.15) is 0 Å². The van der Waals surface area contributed by atoms with E-state index in [0.29, 0.717) is 0 Å². The topological polar surface area (TPSA) is 12.0 Å². The van der Waals surface area contributed by atoms with Gasteiger partial charge in [-0.05, 0) is 72.4 Å². The normalized spacial score (nSPS) is 12.7. The second-order valence-corrected chi connectivity index (χ2v) is 8.63. The van der Waals surface area contributed by atoms with Crippen LogP contribution in [0.25, 0.3) is 10.8 Å². The van der Waals surface area contributed by atoms with Gasteiger partial charge in [-0.3, -0.25) is 0 Å². The van der Waals surface area contributed by atoms with Crippen LogP contribution in [0.2, 0.25) is 0 Å². The molecule has 3 rings (SSSR count). The summed E-state index contributed by atoms with van der Waals surface area (Å²) < 4.78 is 2.32. The predicted molar refractivity (Wildman–Crippen MR) is 99.2 cm³/mol. The van der Waals surface area contributed by atoms with Crippen LogP contribution in [-0.2, 0) is 0 Å². The fourth-order valence-electron chi connectivity index (χ4n) is 2.55. The molecule has 1 aromatic heterocycles. The minimum absolute atomic E-state index is 0.205. The SMILES string of the molecule is CCNC(c1ccc2ccccc2c1)c1cc(Br)sc1Br. The van der Waals surface area contributed by atoms with Crippen LogP contribution in [0.1, 0.15) is 24.1 Å². The van der Waals surface area contributed by atoms with E-state index in [1.165, 1.54) is 25.7 Å². The fourth-order valence-corrected chi connectivity index (χ4v) is 5.45. The lowest BCUT2D eigenvalue weighted by molar-refractivity contribution is 0.631. The van der Waals surface area contributed by atoms with Gasteiger partial charge in [0, 0.05) is 0 Å². The molecule has 0 aliphatic rings. The molecule has 0 fully saturated rings. The molecule has 0 aliphatic heterocycles. The molecular weight excluding hydrogens is 410 g/mol. The van der Waals surface area contributed by atoms with Gasteiger partial charge >= 0.3 is 0 Å². The summed E-state index contributed by atoms with van der Waals surface area (Å²) in [7, 11) is 0. The minimum Gasteiger partial charge on any atom is -0.306 e. The highest BCUT2D eigenvalue weighted by atomic mass is 79.9. The molecule has 1 N–H and O–H groups in total. The number of nitrogens with one attached hydrogen (secondary N) is 1. The zero-order chi connectivity index (χ0) is 14.8. The summed E-state index contributed by atoms with van der Waals surface area (Å²) in [5, 5.41) is 6.15. The van der Waals surface area contributed by atoms with Crippen molar-refractivity contribution in [3.05, 3.63) is 67.2 Å². The summed E-state index contributed by atoms with van der Waals surface area (Å²) in [6.07, 6.45) is 0. The molecule has 0 saturated carbocycles. The molecule has 3 aromatic rings. The van der Waals surface area contributed by atoms with Crippen LogP contribution in [0.4, 0.5) is 0 Å². The standard InChI is InChI=1S/C17H15Br2NS/c1-2-20-16(14-10-15(18)21-17(14)19)13-8-7-11-5-3-4-6-12(11)9-13/h3-10,16,20H,2H2,1H3. The van der Waals surface area contributed by atoms with Crippen LogP contribution in [0.15, 0.2) is 56.1 Å². The molecule has 0 bridgehead atoms. The van der Waals surface area contributed by atoms with Crippen molar-refractivity contribution in [1.29, 1.82) is 0 Å². The first-order valence-corrected chi connectivity index (χ1v) is 9.26. The molecule has 1 heterocycles. The van der Waals surface area contributed by atoms with Crippen LogP contribution in [-0.4, -0.2) is 6.54 Å². The Labute approximate surface area is 145 Å². The van der Waals surface area contributed by atoms with Crippen molar-refractivity contribution >= 4 is 54.0 Å². The molecule has 0 saturated heterocycles. The molecule has 1 atom stereocenters. The highest BCUT2D eigenvalue weighted by molar-refractivity contribution is 9.12. The van der Waals surface area contributed by atoms with Crippen molar-refractivity contribution in [1.82, 2.24) is 5.32 Å². The number of hydrogen-bond acceptors (Lipinski definition) is 2. The average Bonchev–Trinajstić information content (AvgIpc) is 2.83. The van der Waals surface area contributed by atoms with Crippen molar-refractivity contribution in [2.24, 2.45) is 0 Å². The summed E-state index contributed by atoms with van der Waals surface area (Å²) in [4.78, 5) is 0. The van der Waals surface area contributed by atoms with E-state index in [1.54, 1.807) is 11.3 Å². The van der Waals surface area contributed by atoms with Crippen LogP contribution in [0.3, 0.4) is 0 Å². The number of hydrogen-bond donors (Lipinski definition) is 1. The average molecular weight is 425 g/mol. The lowest BCUT2D eigenvalue weighted by Gasteiger charge is -2.19. The maximum atomic E-state index is 3.68. The molecule has 0 amide bonds. The van der Waals surface area contributed by atoms with Gasteiger partial charge in [0.05, 0.1) is 13.6 Å². The van der Waals surface area contributed by atoms with Gasteiger partial charge in [0.1, 0.15) is 0 Å². The van der Waals surface area contributed by atoms with Gasteiger partial charge < -0.3 is 5.32 Å². The largest absolute Gasteiger partial charge is 0.306 e. The first-order valence-electron chi connectivity index (χ1n) is 6.86. The Morgan fingerprint density at radius 1 is 1.05 bits per heavy atom. The number of fused-ring (bicyclic) bond motifs is 1. The molecule has 4 heteroatoms. The summed E-state index contributed by atoms with van der Waals surface area (Å²) >= 11 is 8.97. The van der Waals surface area contributed by atoms with E-state index in [1.807, 2.05) is 0 Å². The molecule has 1 unspecified atom stereocenters. The Bertz CT molecular complexity index is 766. The highest BCUT2D eigenvalue weighted by Crippen LogP contribution is 2.38. The smallest absolute Gasteiger partial charge is 0.0761 e. The molecule has 21 heavy (non-hydrogen) atoms. The summed E-state index contributed by atoms with van der Waals surface area (Å²) in [6.45, 7) is 3.07. The molecule has 2 aromatic carbocycles. The second-order valence-electron chi connectivity index (χ2n) is 4.88. The minimum atomic E-state index is 0.205. The maximum Gasteiger partial charge on any atom is 0.0761 e. The zero-order valence-electron chi connectivity index (χ0n) is 11.6. The molecule has 0 aliphatic carbocycles. The number of halogens is 2. The molecular formula is C17H15Br2NS. The number of benzene rings is 2. The third kappa shape index (κ3) is 3.24. The van der Waals surface area contributed by atoms with E-state index >= 15 is 0 Å². The fraction of sp³-hybridized carbons (Fsp3) is 0.176. The summed E-state index contributed by atoms with van der Waals surface area (Å²) in [5.74, 6) is 0. The van der Waals surface area contributed by atoms with Crippen molar-refractivity contribution in [2.45, 2.75) is 13.0 Å². The Morgan fingerprint density at radius 2 is 1.81 bits per heavy atom. The van der Waals surface area contributed by atoms with E-state index in [0.717, 1.165) is 10.3 Å². The predicted octanol–water partition coefficient (Wildman–Crippen LogP) is 6.13. The lowest BCUT2D eigenvalue weighted by atomic mass is 9.98.